The molecule has 1 fully saturated rings. The first kappa shape index (κ1) is 13.4. The standard InChI is InChI=1S/C16H20F2N2/c1-10-15(2)9-16(15,3)12-7-11(17)8-13(18)14(12)19-5-6-20(10)4/h5-8,10,19H,9H2,1-4H3/b6-5-. The van der Waals surface area contributed by atoms with Gasteiger partial charge < -0.3 is 10.2 Å². The molecule has 0 bridgehead atoms. The van der Waals surface area contributed by atoms with Crippen molar-refractivity contribution in [3.8, 4) is 0 Å². The van der Waals surface area contributed by atoms with Crippen LogP contribution in [-0.2, 0) is 5.41 Å². The summed E-state index contributed by atoms with van der Waals surface area (Å²) in [7, 11) is 2.01. The average Bonchev–Trinajstić information content (AvgIpc) is 2.94. The van der Waals surface area contributed by atoms with Gasteiger partial charge in [-0.05, 0) is 30.4 Å². The first-order chi connectivity index (χ1) is 9.29. The highest BCUT2D eigenvalue weighted by molar-refractivity contribution is 5.61. The van der Waals surface area contributed by atoms with E-state index < -0.39 is 11.6 Å². The molecule has 1 N–H and O–H groups in total. The fraction of sp³-hybridized carbons (Fsp3) is 0.500. The Morgan fingerprint density at radius 1 is 1.30 bits per heavy atom. The second-order valence-electron chi connectivity index (χ2n) is 6.54. The topological polar surface area (TPSA) is 15.3 Å². The number of fused-ring (bicyclic) bond motifs is 3. The highest BCUT2D eigenvalue weighted by Gasteiger charge is 2.65. The quantitative estimate of drug-likeness (QED) is 0.775. The molecule has 1 heterocycles. The van der Waals surface area contributed by atoms with Gasteiger partial charge in [0.25, 0.3) is 0 Å². The highest BCUT2D eigenvalue weighted by Crippen LogP contribution is 2.68. The molecule has 3 rings (SSSR count). The van der Waals surface area contributed by atoms with Crippen LogP contribution in [0.5, 0.6) is 0 Å². The van der Waals surface area contributed by atoms with Crippen molar-refractivity contribution in [2.24, 2.45) is 5.41 Å². The first-order valence-corrected chi connectivity index (χ1v) is 6.94. The van der Waals surface area contributed by atoms with E-state index in [2.05, 4.69) is 31.0 Å². The Morgan fingerprint density at radius 3 is 2.70 bits per heavy atom. The van der Waals surface area contributed by atoms with Gasteiger partial charge >= 0.3 is 0 Å². The van der Waals surface area contributed by atoms with Crippen molar-refractivity contribution in [3.05, 3.63) is 41.7 Å². The number of hydrogen-bond donors (Lipinski definition) is 1. The normalized spacial score (nSPS) is 36.9. The smallest absolute Gasteiger partial charge is 0.149 e. The molecule has 1 aliphatic carbocycles. The molecule has 108 valence electrons. The van der Waals surface area contributed by atoms with Crippen LogP contribution < -0.4 is 5.32 Å². The molecule has 0 saturated heterocycles. The lowest BCUT2D eigenvalue weighted by Gasteiger charge is -2.32. The number of anilines is 1. The van der Waals surface area contributed by atoms with Gasteiger partial charge in [-0.25, -0.2) is 8.78 Å². The molecule has 3 atom stereocenters. The van der Waals surface area contributed by atoms with Gasteiger partial charge in [-0.2, -0.15) is 0 Å². The van der Waals surface area contributed by atoms with Gasteiger partial charge in [-0.1, -0.05) is 13.8 Å². The maximum atomic E-state index is 14.1. The summed E-state index contributed by atoms with van der Waals surface area (Å²) >= 11 is 0. The fourth-order valence-electron chi connectivity index (χ4n) is 3.67. The third kappa shape index (κ3) is 1.60. The third-order valence-electron chi connectivity index (χ3n) is 5.58. The SMILES string of the molecule is CC1N(C)/C=C\Nc2c(F)cc(F)cc2C2(C)CC12C. The lowest BCUT2D eigenvalue weighted by atomic mass is 9.83. The molecule has 1 aromatic rings. The van der Waals surface area contributed by atoms with E-state index in [0.29, 0.717) is 11.7 Å². The maximum absolute atomic E-state index is 14.1. The van der Waals surface area contributed by atoms with E-state index in [-0.39, 0.29) is 10.8 Å². The molecule has 2 nitrogen and oxygen atoms in total. The van der Waals surface area contributed by atoms with E-state index in [9.17, 15) is 8.78 Å². The third-order valence-corrected chi connectivity index (χ3v) is 5.58. The van der Waals surface area contributed by atoms with Crippen LogP contribution in [0.1, 0.15) is 32.8 Å². The van der Waals surface area contributed by atoms with Crippen molar-refractivity contribution in [2.45, 2.75) is 38.6 Å². The summed E-state index contributed by atoms with van der Waals surface area (Å²) in [6, 6.07) is 2.71. The summed E-state index contributed by atoms with van der Waals surface area (Å²) in [5.41, 5.74) is 0.936. The average molecular weight is 278 g/mol. The Kier molecular flexibility index (Phi) is 2.66. The predicted molar refractivity (Wildman–Crippen MR) is 76.4 cm³/mol. The highest BCUT2D eigenvalue weighted by atomic mass is 19.1. The molecule has 4 heteroatoms. The van der Waals surface area contributed by atoms with E-state index in [1.54, 1.807) is 6.20 Å². The molecule has 0 radical (unpaired) electrons. The van der Waals surface area contributed by atoms with Crippen LogP contribution in [0.4, 0.5) is 14.5 Å². The van der Waals surface area contributed by atoms with Crippen LogP contribution in [0.2, 0.25) is 0 Å². The molecule has 3 unspecified atom stereocenters. The van der Waals surface area contributed by atoms with Crippen molar-refractivity contribution in [1.82, 2.24) is 4.90 Å². The summed E-state index contributed by atoms with van der Waals surface area (Å²) < 4.78 is 27.8. The fourth-order valence-corrected chi connectivity index (χ4v) is 3.67. The van der Waals surface area contributed by atoms with Gasteiger partial charge in [0.2, 0.25) is 0 Å². The zero-order valence-corrected chi connectivity index (χ0v) is 12.3. The van der Waals surface area contributed by atoms with Crippen molar-refractivity contribution in [3.63, 3.8) is 0 Å². The van der Waals surface area contributed by atoms with E-state index in [1.807, 2.05) is 13.2 Å². The largest absolute Gasteiger partial charge is 0.376 e. The number of benzene rings is 1. The predicted octanol–water partition coefficient (Wildman–Crippen LogP) is 3.85. The number of nitrogens with zero attached hydrogens (tertiary/aromatic N) is 1. The molecular formula is C16H20F2N2. The van der Waals surface area contributed by atoms with E-state index in [1.165, 1.54) is 6.07 Å². The first-order valence-electron chi connectivity index (χ1n) is 6.94. The van der Waals surface area contributed by atoms with Crippen LogP contribution in [0, 0.1) is 17.0 Å². The molecule has 1 aliphatic heterocycles. The Hall–Kier alpha value is -1.58. The Bertz CT molecular complexity index is 598. The van der Waals surface area contributed by atoms with E-state index in [0.717, 1.165) is 18.1 Å². The molecule has 1 aromatic carbocycles. The Labute approximate surface area is 118 Å². The number of halogens is 2. The minimum atomic E-state index is -0.530. The van der Waals surface area contributed by atoms with E-state index in [4.69, 9.17) is 0 Å². The summed E-state index contributed by atoms with van der Waals surface area (Å²) in [5, 5.41) is 2.99. The Balaban J connectivity index is 2.20. The van der Waals surface area contributed by atoms with Crippen molar-refractivity contribution in [2.75, 3.05) is 12.4 Å². The van der Waals surface area contributed by atoms with Crippen molar-refractivity contribution >= 4 is 5.69 Å². The summed E-state index contributed by atoms with van der Waals surface area (Å²) in [6.45, 7) is 6.46. The number of rotatable bonds is 0. The van der Waals surface area contributed by atoms with Crippen LogP contribution in [-0.4, -0.2) is 18.0 Å². The second-order valence-corrected chi connectivity index (χ2v) is 6.54. The van der Waals surface area contributed by atoms with Gasteiger partial charge in [0.1, 0.15) is 11.6 Å². The minimum absolute atomic E-state index is 0.00704. The summed E-state index contributed by atoms with van der Waals surface area (Å²) in [5.74, 6) is -1.04. The molecule has 20 heavy (non-hydrogen) atoms. The van der Waals surface area contributed by atoms with Crippen LogP contribution in [0.15, 0.2) is 24.5 Å². The van der Waals surface area contributed by atoms with Gasteiger partial charge in [0.05, 0.1) is 5.69 Å². The monoisotopic (exact) mass is 278 g/mol. The van der Waals surface area contributed by atoms with Gasteiger partial charge in [0.15, 0.2) is 0 Å². The molecule has 2 aliphatic rings. The molecule has 1 saturated carbocycles. The molecular weight excluding hydrogens is 258 g/mol. The van der Waals surface area contributed by atoms with Crippen LogP contribution >= 0.6 is 0 Å². The summed E-state index contributed by atoms with van der Waals surface area (Å²) in [6.07, 6.45) is 4.55. The summed E-state index contributed by atoms with van der Waals surface area (Å²) in [4.78, 5) is 2.12. The minimum Gasteiger partial charge on any atom is -0.376 e. The number of hydrogen-bond acceptors (Lipinski definition) is 2. The maximum Gasteiger partial charge on any atom is 0.149 e. The van der Waals surface area contributed by atoms with E-state index >= 15 is 0 Å². The molecule has 0 spiro atoms. The zero-order chi connectivity index (χ0) is 14.7. The lowest BCUT2D eigenvalue weighted by Crippen LogP contribution is -2.35. The van der Waals surface area contributed by atoms with Gasteiger partial charge in [-0.3, -0.25) is 0 Å². The van der Waals surface area contributed by atoms with Crippen LogP contribution in [0.3, 0.4) is 0 Å². The van der Waals surface area contributed by atoms with Crippen LogP contribution in [0.25, 0.3) is 0 Å². The lowest BCUT2D eigenvalue weighted by molar-refractivity contribution is 0.227. The van der Waals surface area contributed by atoms with Crippen molar-refractivity contribution in [1.29, 1.82) is 0 Å². The second kappa shape index (κ2) is 3.96. The number of nitrogens with one attached hydrogen (secondary N) is 1. The van der Waals surface area contributed by atoms with Gasteiger partial charge in [-0.15, -0.1) is 0 Å². The Morgan fingerprint density at radius 2 is 2.00 bits per heavy atom. The molecule has 0 aromatic heterocycles. The van der Waals surface area contributed by atoms with Gasteiger partial charge in [0, 0.05) is 37.0 Å². The molecule has 0 amide bonds. The zero-order valence-electron chi connectivity index (χ0n) is 12.3. The van der Waals surface area contributed by atoms with Crippen molar-refractivity contribution < 1.29 is 8.78 Å².